The molecule has 1 amide bonds. The molecule has 1 fully saturated rings. The number of aromatic nitrogens is 1. The quantitative estimate of drug-likeness (QED) is 0.395. The third-order valence-corrected chi connectivity index (χ3v) is 7.60. The van der Waals surface area contributed by atoms with E-state index in [0.717, 1.165) is 41.2 Å². The van der Waals surface area contributed by atoms with Crippen LogP contribution in [0.15, 0.2) is 72.9 Å². The fraction of sp³-hybridized carbons (Fsp3) is 0.310. The number of piperidine rings is 1. The third kappa shape index (κ3) is 3.87. The molecule has 1 aromatic heterocycles. The van der Waals surface area contributed by atoms with Crippen LogP contribution in [0.2, 0.25) is 0 Å². The van der Waals surface area contributed by atoms with Gasteiger partial charge in [-0.1, -0.05) is 54.6 Å². The average molecular weight is 491 g/mol. The van der Waals surface area contributed by atoms with Crippen LogP contribution >= 0.6 is 0 Å². The zero-order chi connectivity index (χ0) is 24.9. The molecule has 1 aliphatic carbocycles. The van der Waals surface area contributed by atoms with E-state index in [1.165, 1.54) is 12.3 Å². The van der Waals surface area contributed by atoms with E-state index >= 15 is 0 Å². The minimum Gasteiger partial charge on any atom is -0.448 e. The molecule has 0 spiro atoms. The number of halogens is 3. The summed E-state index contributed by atoms with van der Waals surface area (Å²) >= 11 is 0. The summed E-state index contributed by atoms with van der Waals surface area (Å²) in [5, 5.41) is 0. The number of carbonyl (C=O) groups excluding carboxylic acids is 1. The molecular weight excluding hydrogens is 465 g/mol. The number of hydrogen-bond acceptors (Lipinski definition) is 3. The van der Waals surface area contributed by atoms with Gasteiger partial charge in [0.25, 0.3) is 0 Å². The smallest absolute Gasteiger partial charge is 0.418 e. The Bertz CT molecular complexity index is 1300. The van der Waals surface area contributed by atoms with E-state index in [2.05, 4.69) is 29.2 Å². The second-order valence-electron chi connectivity index (χ2n) is 9.66. The van der Waals surface area contributed by atoms with E-state index in [1.54, 1.807) is 11.0 Å². The second kappa shape index (κ2) is 8.80. The zero-order valence-electron chi connectivity index (χ0n) is 19.5. The van der Waals surface area contributed by atoms with Crippen LogP contribution in [0, 0.1) is 0 Å². The van der Waals surface area contributed by atoms with Crippen molar-refractivity contribution in [2.24, 2.45) is 0 Å². The molecule has 3 aliphatic rings. The Morgan fingerprint density at radius 3 is 2.33 bits per heavy atom. The second-order valence-corrected chi connectivity index (χ2v) is 9.66. The summed E-state index contributed by atoms with van der Waals surface area (Å²) < 4.78 is 46.7. The Hall–Kier alpha value is -3.61. The Morgan fingerprint density at radius 2 is 1.67 bits per heavy atom. The monoisotopic (exact) mass is 490 g/mol. The van der Waals surface area contributed by atoms with Crippen LogP contribution in [0.1, 0.15) is 54.0 Å². The van der Waals surface area contributed by atoms with Gasteiger partial charge in [-0.3, -0.25) is 9.88 Å². The van der Waals surface area contributed by atoms with Crippen molar-refractivity contribution in [3.05, 3.63) is 95.3 Å². The maximum absolute atomic E-state index is 13.6. The van der Waals surface area contributed by atoms with Crippen LogP contribution in [-0.2, 0) is 10.9 Å². The van der Waals surface area contributed by atoms with E-state index in [-0.39, 0.29) is 30.3 Å². The van der Waals surface area contributed by atoms with Gasteiger partial charge in [0, 0.05) is 18.2 Å². The van der Waals surface area contributed by atoms with Gasteiger partial charge in [0.15, 0.2) is 0 Å². The molecule has 36 heavy (non-hydrogen) atoms. The lowest BCUT2D eigenvalue weighted by molar-refractivity contribution is -0.138. The average Bonchev–Trinajstić information content (AvgIpc) is 3.20. The summed E-state index contributed by atoms with van der Waals surface area (Å²) in [6.45, 7) is 0.220. The molecule has 2 unspecified atom stereocenters. The van der Waals surface area contributed by atoms with E-state index in [4.69, 9.17) is 4.74 Å². The fourth-order valence-electron chi connectivity index (χ4n) is 6.05. The normalized spacial score (nSPS) is 21.0. The van der Waals surface area contributed by atoms with Crippen LogP contribution in [-0.4, -0.2) is 34.7 Å². The number of ether oxygens (including phenoxy) is 1. The summed E-state index contributed by atoms with van der Waals surface area (Å²) in [7, 11) is 0. The molecule has 7 heteroatoms. The maximum atomic E-state index is 13.6. The molecule has 2 bridgehead atoms. The van der Waals surface area contributed by atoms with E-state index in [9.17, 15) is 18.0 Å². The largest absolute Gasteiger partial charge is 0.448 e. The first-order chi connectivity index (χ1) is 17.4. The highest BCUT2D eigenvalue weighted by atomic mass is 19.4. The Kier molecular flexibility index (Phi) is 5.58. The summed E-state index contributed by atoms with van der Waals surface area (Å²) in [5.74, 6) is -0.0417. The van der Waals surface area contributed by atoms with Crippen LogP contribution in [0.3, 0.4) is 0 Å². The van der Waals surface area contributed by atoms with Gasteiger partial charge in [0.2, 0.25) is 0 Å². The van der Waals surface area contributed by atoms with Gasteiger partial charge in [0.1, 0.15) is 6.61 Å². The molecule has 4 nitrogen and oxygen atoms in total. The number of amides is 1. The van der Waals surface area contributed by atoms with Crippen molar-refractivity contribution in [1.82, 2.24) is 9.88 Å². The number of rotatable bonds is 3. The topological polar surface area (TPSA) is 42.4 Å². The van der Waals surface area contributed by atoms with Crippen molar-refractivity contribution in [1.29, 1.82) is 0 Å². The lowest BCUT2D eigenvalue weighted by Gasteiger charge is -2.44. The fourth-order valence-corrected chi connectivity index (χ4v) is 6.05. The first-order valence-electron chi connectivity index (χ1n) is 12.3. The minimum atomic E-state index is -4.48. The summed E-state index contributed by atoms with van der Waals surface area (Å²) in [4.78, 5) is 19.1. The number of benzene rings is 2. The molecule has 0 radical (unpaired) electrons. The van der Waals surface area contributed by atoms with E-state index < -0.39 is 17.8 Å². The van der Waals surface area contributed by atoms with Gasteiger partial charge in [-0.25, -0.2) is 4.79 Å². The predicted octanol–water partition coefficient (Wildman–Crippen LogP) is 7.06. The first kappa shape index (κ1) is 22.8. The highest BCUT2D eigenvalue weighted by Crippen LogP contribution is 2.45. The molecule has 1 saturated heterocycles. The number of nitrogens with zero attached hydrogens (tertiary/aromatic N) is 2. The number of alkyl halides is 3. The van der Waals surface area contributed by atoms with Crippen LogP contribution in [0.5, 0.6) is 0 Å². The summed E-state index contributed by atoms with van der Waals surface area (Å²) in [6.07, 6.45) is 0.961. The molecule has 3 aromatic rings. The number of carbonyl (C=O) groups is 1. The Balaban J connectivity index is 1.24. The zero-order valence-corrected chi connectivity index (χ0v) is 19.5. The van der Waals surface area contributed by atoms with Gasteiger partial charge < -0.3 is 4.74 Å². The van der Waals surface area contributed by atoms with Crippen LogP contribution in [0.4, 0.5) is 18.0 Å². The number of hydrogen-bond donors (Lipinski definition) is 0. The summed E-state index contributed by atoms with van der Waals surface area (Å²) in [5.41, 5.74) is 4.39. The molecule has 6 rings (SSSR count). The highest BCUT2D eigenvalue weighted by molar-refractivity contribution is 5.79. The van der Waals surface area contributed by atoms with Gasteiger partial charge in [0.05, 0.1) is 17.3 Å². The maximum Gasteiger partial charge on any atom is 0.418 e. The molecule has 184 valence electrons. The first-order valence-corrected chi connectivity index (χ1v) is 12.3. The predicted molar refractivity (Wildman–Crippen MR) is 130 cm³/mol. The molecule has 0 saturated carbocycles. The standard InChI is InChI=1S/C29H25F3N2O2/c30-29(31,32)26-13-6-14-33-27(26)18-15-19-7-5-8-20(16-18)34(19)28(35)36-17-25-23-11-3-1-9-21(23)22-10-2-4-12-24(22)25/h1-4,6,9-15,19-20,25H,5,7-8,16-17H2. The molecule has 3 heterocycles. The molecule has 0 N–H and O–H groups in total. The highest BCUT2D eigenvalue weighted by Gasteiger charge is 2.41. The van der Waals surface area contributed by atoms with Crippen molar-refractivity contribution in [3.8, 4) is 11.1 Å². The van der Waals surface area contributed by atoms with Crippen molar-refractivity contribution >= 4 is 11.7 Å². The lowest BCUT2D eigenvalue weighted by Crippen LogP contribution is -2.52. The third-order valence-electron chi connectivity index (χ3n) is 7.60. The SMILES string of the molecule is O=C(OCC1c2ccccc2-c2ccccc21)N1C2C=C(c3ncccc3C(F)(F)F)CC1CCC2. The molecule has 2 atom stereocenters. The van der Waals surface area contributed by atoms with Gasteiger partial charge in [-0.2, -0.15) is 13.2 Å². The Labute approximate surface area is 207 Å². The summed E-state index contributed by atoms with van der Waals surface area (Å²) in [6, 6.07) is 18.2. The number of pyridine rings is 1. The number of fused-ring (bicyclic) bond motifs is 5. The molecule has 2 aromatic carbocycles. The van der Waals surface area contributed by atoms with Crippen molar-refractivity contribution in [3.63, 3.8) is 0 Å². The van der Waals surface area contributed by atoms with Crippen molar-refractivity contribution < 1.29 is 22.7 Å². The van der Waals surface area contributed by atoms with Crippen LogP contribution < -0.4 is 0 Å². The minimum absolute atomic E-state index is 0.0333. The lowest BCUT2D eigenvalue weighted by atomic mass is 9.83. The van der Waals surface area contributed by atoms with Crippen molar-refractivity contribution in [2.45, 2.75) is 49.9 Å². The van der Waals surface area contributed by atoms with Gasteiger partial charge in [-0.15, -0.1) is 0 Å². The van der Waals surface area contributed by atoms with Crippen molar-refractivity contribution in [2.75, 3.05) is 6.61 Å². The van der Waals surface area contributed by atoms with Crippen LogP contribution in [0.25, 0.3) is 16.7 Å². The Morgan fingerprint density at radius 1 is 0.972 bits per heavy atom. The van der Waals surface area contributed by atoms with E-state index in [1.807, 2.05) is 24.3 Å². The molecule has 2 aliphatic heterocycles. The van der Waals surface area contributed by atoms with E-state index in [0.29, 0.717) is 18.4 Å². The van der Waals surface area contributed by atoms with Gasteiger partial charge >= 0.3 is 12.3 Å². The molecular formula is C29H25F3N2O2. The van der Waals surface area contributed by atoms with Gasteiger partial charge in [-0.05, 0) is 65.6 Å².